The maximum Gasteiger partial charge on any atom is 0.0621 e. The van der Waals surface area contributed by atoms with E-state index < -0.39 is 0 Å². The minimum absolute atomic E-state index is 0.718. The first kappa shape index (κ1) is 15.5. The van der Waals surface area contributed by atoms with Crippen LogP contribution in [0.25, 0.3) is 0 Å². The van der Waals surface area contributed by atoms with Gasteiger partial charge in [0.1, 0.15) is 0 Å². The predicted octanol–water partition coefficient (Wildman–Crippen LogP) is 2.64. The zero-order chi connectivity index (χ0) is 13.2. The summed E-state index contributed by atoms with van der Waals surface area (Å²) in [7, 11) is 0. The van der Waals surface area contributed by atoms with Gasteiger partial charge in [-0.25, -0.2) is 0 Å². The Hall–Kier alpha value is -0.590. The summed E-state index contributed by atoms with van der Waals surface area (Å²) in [6, 6.07) is 2.22. The summed E-state index contributed by atoms with van der Waals surface area (Å²) in [6.45, 7) is 10.6. The molecule has 0 aromatic rings. The lowest BCUT2D eigenvalue weighted by atomic mass is 9.96. The quantitative estimate of drug-likeness (QED) is 0.674. The second-order valence-electron chi connectivity index (χ2n) is 5.95. The number of nitriles is 1. The number of likely N-dealkylation sites (tertiary alicyclic amines) is 1. The molecule has 0 aromatic carbocycles. The molecule has 1 rings (SSSR count). The van der Waals surface area contributed by atoms with Crippen molar-refractivity contribution in [2.45, 2.75) is 46.0 Å². The van der Waals surface area contributed by atoms with Gasteiger partial charge in [-0.1, -0.05) is 13.8 Å². The molecule has 0 aliphatic carbocycles. The fourth-order valence-corrected chi connectivity index (χ4v) is 2.53. The van der Waals surface area contributed by atoms with Gasteiger partial charge in [-0.3, -0.25) is 0 Å². The van der Waals surface area contributed by atoms with E-state index >= 15 is 0 Å². The summed E-state index contributed by atoms with van der Waals surface area (Å²) >= 11 is 0. The first-order chi connectivity index (χ1) is 8.72. The Labute approximate surface area is 113 Å². The number of hydrogen-bond donors (Lipinski definition) is 1. The Morgan fingerprint density at radius 2 is 2.00 bits per heavy atom. The van der Waals surface area contributed by atoms with Crippen molar-refractivity contribution in [1.29, 1.82) is 5.26 Å². The molecule has 104 valence electrons. The zero-order valence-corrected chi connectivity index (χ0v) is 12.1. The molecule has 18 heavy (non-hydrogen) atoms. The first-order valence-electron chi connectivity index (χ1n) is 7.52. The van der Waals surface area contributed by atoms with Gasteiger partial charge in [0.2, 0.25) is 0 Å². The van der Waals surface area contributed by atoms with E-state index in [1.165, 1.54) is 45.4 Å². The van der Waals surface area contributed by atoms with Gasteiger partial charge < -0.3 is 10.2 Å². The molecule has 1 aliphatic rings. The van der Waals surface area contributed by atoms with E-state index in [-0.39, 0.29) is 0 Å². The summed E-state index contributed by atoms with van der Waals surface area (Å²) < 4.78 is 0. The number of hydrogen-bond acceptors (Lipinski definition) is 3. The Morgan fingerprint density at radius 1 is 1.28 bits per heavy atom. The largest absolute Gasteiger partial charge is 0.316 e. The van der Waals surface area contributed by atoms with Crippen molar-refractivity contribution in [1.82, 2.24) is 10.2 Å². The SMILES string of the molecule is CC(C)CNCC1CCN(CCCCC#N)CC1. The van der Waals surface area contributed by atoms with Crippen LogP contribution in [0.3, 0.4) is 0 Å². The first-order valence-corrected chi connectivity index (χ1v) is 7.52. The third-order valence-electron chi connectivity index (χ3n) is 3.71. The van der Waals surface area contributed by atoms with Gasteiger partial charge in [-0.15, -0.1) is 0 Å². The summed E-state index contributed by atoms with van der Waals surface area (Å²) in [5.74, 6) is 1.63. The van der Waals surface area contributed by atoms with E-state index in [2.05, 4.69) is 30.1 Å². The molecule has 0 unspecified atom stereocenters. The molecule has 3 heteroatoms. The highest BCUT2D eigenvalue weighted by molar-refractivity contribution is 4.75. The lowest BCUT2D eigenvalue weighted by molar-refractivity contribution is 0.179. The van der Waals surface area contributed by atoms with Crippen LogP contribution in [-0.2, 0) is 0 Å². The van der Waals surface area contributed by atoms with Gasteiger partial charge in [-0.05, 0) is 70.2 Å². The minimum Gasteiger partial charge on any atom is -0.316 e. The van der Waals surface area contributed by atoms with Crippen LogP contribution in [0.4, 0.5) is 0 Å². The van der Waals surface area contributed by atoms with Crippen LogP contribution in [0.2, 0.25) is 0 Å². The molecule has 0 bridgehead atoms. The standard InChI is InChI=1S/C15H29N3/c1-14(2)12-17-13-15-6-10-18(11-7-15)9-5-3-4-8-16/h14-15,17H,3-7,9-13H2,1-2H3. The topological polar surface area (TPSA) is 39.1 Å². The fraction of sp³-hybridized carbons (Fsp3) is 0.933. The average Bonchev–Trinajstić information content (AvgIpc) is 2.36. The Bertz CT molecular complexity index is 237. The van der Waals surface area contributed by atoms with Crippen LogP contribution in [0.1, 0.15) is 46.0 Å². The van der Waals surface area contributed by atoms with Crippen molar-refractivity contribution >= 4 is 0 Å². The van der Waals surface area contributed by atoms with Gasteiger partial charge in [-0.2, -0.15) is 5.26 Å². The molecule has 0 saturated carbocycles. The molecule has 0 amide bonds. The molecule has 1 aliphatic heterocycles. The highest BCUT2D eigenvalue weighted by Gasteiger charge is 2.18. The third-order valence-corrected chi connectivity index (χ3v) is 3.71. The van der Waals surface area contributed by atoms with Crippen LogP contribution in [0.15, 0.2) is 0 Å². The van der Waals surface area contributed by atoms with Crippen LogP contribution in [-0.4, -0.2) is 37.6 Å². The van der Waals surface area contributed by atoms with Crippen LogP contribution >= 0.6 is 0 Å². The summed E-state index contributed by atoms with van der Waals surface area (Å²) in [4.78, 5) is 2.57. The highest BCUT2D eigenvalue weighted by atomic mass is 15.1. The molecule has 0 aromatic heterocycles. The molecule has 0 spiro atoms. The average molecular weight is 251 g/mol. The maximum absolute atomic E-state index is 8.49. The van der Waals surface area contributed by atoms with E-state index in [1.54, 1.807) is 0 Å². The molecule has 3 nitrogen and oxygen atoms in total. The van der Waals surface area contributed by atoms with Gasteiger partial charge in [0, 0.05) is 6.42 Å². The normalized spacial score (nSPS) is 18.1. The summed E-state index contributed by atoms with van der Waals surface area (Å²) in [5.41, 5.74) is 0. The van der Waals surface area contributed by atoms with Crippen LogP contribution in [0.5, 0.6) is 0 Å². The van der Waals surface area contributed by atoms with E-state index in [0.717, 1.165) is 31.2 Å². The number of nitrogens with one attached hydrogen (secondary N) is 1. The van der Waals surface area contributed by atoms with Crippen molar-refractivity contribution in [3.8, 4) is 6.07 Å². The number of unbranched alkanes of at least 4 members (excludes halogenated alkanes) is 2. The van der Waals surface area contributed by atoms with Crippen LogP contribution < -0.4 is 5.32 Å². The van der Waals surface area contributed by atoms with Crippen molar-refractivity contribution in [3.05, 3.63) is 0 Å². The van der Waals surface area contributed by atoms with Gasteiger partial charge >= 0.3 is 0 Å². The number of nitrogens with zero attached hydrogens (tertiary/aromatic N) is 2. The molecule has 1 saturated heterocycles. The zero-order valence-electron chi connectivity index (χ0n) is 12.1. The minimum atomic E-state index is 0.718. The Kier molecular flexibility index (Phi) is 8.04. The van der Waals surface area contributed by atoms with Crippen molar-refractivity contribution in [2.75, 3.05) is 32.7 Å². The van der Waals surface area contributed by atoms with Crippen molar-refractivity contribution in [2.24, 2.45) is 11.8 Å². The fourth-order valence-electron chi connectivity index (χ4n) is 2.53. The predicted molar refractivity (Wildman–Crippen MR) is 76.3 cm³/mol. The smallest absolute Gasteiger partial charge is 0.0621 e. The van der Waals surface area contributed by atoms with E-state index in [9.17, 15) is 0 Å². The maximum atomic E-state index is 8.49. The molecule has 0 atom stereocenters. The van der Waals surface area contributed by atoms with Gasteiger partial charge in [0.25, 0.3) is 0 Å². The highest BCUT2D eigenvalue weighted by Crippen LogP contribution is 2.16. The third kappa shape index (κ3) is 6.98. The van der Waals surface area contributed by atoms with Crippen molar-refractivity contribution in [3.63, 3.8) is 0 Å². The van der Waals surface area contributed by atoms with Crippen molar-refractivity contribution < 1.29 is 0 Å². The van der Waals surface area contributed by atoms with E-state index in [0.29, 0.717) is 0 Å². The number of piperidine rings is 1. The van der Waals surface area contributed by atoms with Crippen LogP contribution in [0, 0.1) is 23.2 Å². The second kappa shape index (κ2) is 9.35. The summed E-state index contributed by atoms with van der Waals surface area (Å²) in [6.07, 6.45) is 5.64. The molecular formula is C15H29N3. The lowest BCUT2D eigenvalue weighted by Crippen LogP contribution is -2.38. The Morgan fingerprint density at radius 3 is 2.61 bits per heavy atom. The van der Waals surface area contributed by atoms with Gasteiger partial charge in [0.15, 0.2) is 0 Å². The van der Waals surface area contributed by atoms with E-state index in [4.69, 9.17) is 5.26 Å². The van der Waals surface area contributed by atoms with Gasteiger partial charge in [0.05, 0.1) is 6.07 Å². The second-order valence-corrected chi connectivity index (χ2v) is 5.95. The lowest BCUT2D eigenvalue weighted by Gasteiger charge is -2.32. The number of rotatable bonds is 8. The molecule has 1 heterocycles. The molecular weight excluding hydrogens is 222 g/mol. The molecule has 0 radical (unpaired) electrons. The summed E-state index contributed by atoms with van der Waals surface area (Å²) in [5, 5.41) is 12.1. The Balaban J connectivity index is 2.00. The van der Waals surface area contributed by atoms with E-state index in [1.807, 2.05) is 0 Å². The monoisotopic (exact) mass is 251 g/mol. The molecule has 1 fully saturated rings. The molecule has 1 N–H and O–H groups in total.